The van der Waals surface area contributed by atoms with Crippen LogP contribution in [0.4, 0.5) is 0 Å². The van der Waals surface area contributed by atoms with Gasteiger partial charge in [0.1, 0.15) is 12.1 Å². The van der Waals surface area contributed by atoms with E-state index in [4.69, 9.17) is 0 Å². The molecule has 0 radical (unpaired) electrons. The highest BCUT2D eigenvalue weighted by molar-refractivity contribution is 8.00. The lowest BCUT2D eigenvalue weighted by atomic mass is 9.99. The molecule has 0 N–H and O–H groups in total. The smallest absolute Gasteiger partial charge is 0.191 e. The summed E-state index contributed by atoms with van der Waals surface area (Å²) in [4.78, 5) is 11.7. The zero-order valence-corrected chi connectivity index (χ0v) is 10.5. The molecule has 1 aliphatic rings. The van der Waals surface area contributed by atoms with Crippen molar-refractivity contribution in [2.75, 3.05) is 0 Å². The number of Topliss-reactive ketones (excluding diaryl/α,β-unsaturated/α-hetero) is 1. The van der Waals surface area contributed by atoms with Crippen LogP contribution in [0.5, 0.6) is 0 Å². The van der Waals surface area contributed by atoms with Crippen molar-refractivity contribution in [2.24, 2.45) is 0 Å². The van der Waals surface area contributed by atoms with E-state index >= 15 is 0 Å². The van der Waals surface area contributed by atoms with E-state index in [1.165, 1.54) is 0 Å². The van der Waals surface area contributed by atoms with Crippen LogP contribution in [-0.2, 0) is 4.79 Å². The van der Waals surface area contributed by atoms with Gasteiger partial charge in [0.15, 0.2) is 5.16 Å². The Morgan fingerprint density at radius 2 is 2.31 bits per heavy atom. The lowest BCUT2D eigenvalue weighted by molar-refractivity contribution is -0.119. The maximum Gasteiger partial charge on any atom is 0.191 e. The molecule has 0 spiro atoms. The summed E-state index contributed by atoms with van der Waals surface area (Å²) in [5.41, 5.74) is 0. The summed E-state index contributed by atoms with van der Waals surface area (Å²) < 4.78 is 2.02. The third kappa shape index (κ3) is 2.45. The fraction of sp³-hybridized carbons (Fsp3) is 0.727. The molecule has 1 saturated carbocycles. The fourth-order valence-corrected chi connectivity index (χ4v) is 3.14. The van der Waals surface area contributed by atoms with Crippen molar-refractivity contribution < 1.29 is 4.79 Å². The van der Waals surface area contributed by atoms with E-state index in [1.807, 2.05) is 4.57 Å². The summed E-state index contributed by atoms with van der Waals surface area (Å²) in [6.45, 7) is 4.19. The first-order chi connectivity index (χ1) is 7.68. The zero-order chi connectivity index (χ0) is 11.5. The third-order valence-electron chi connectivity index (χ3n) is 2.84. The molecule has 1 heterocycles. The Morgan fingerprint density at radius 3 is 3.00 bits per heavy atom. The molecule has 16 heavy (non-hydrogen) atoms. The van der Waals surface area contributed by atoms with Gasteiger partial charge in [0.2, 0.25) is 0 Å². The molecular weight excluding hydrogens is 222 g/mol. The van der Waals surface area contributed by atoms with Crippen LogP contribution in [0, 0.1) is 0 Å². The number of ketones is 1. The van der Waals surface area contributed by atoms with Crippen LogP contribution in [0.25, 0.3) is 0 Å². The monoisotopic (exact) mass is 239 g/mol. The predicted octanol–water partition coefficient (Wildman–Crippen LogP) is 2.46. The van der Waals surface area contributed by atoms with Gasteiger partial charge in [0.05, 0.1) is 5.25 Å². The van der Waals surface area contributed by atoms with Crippen molar-refractivity contribution in [1.82, 2.24) is 14.8 Å². The molecule has 0 saturated heterocycles. The molecule has 0 bridgehead atoms. The summed E-state index contributed by atoms with van der Waals surface area (Å²) in [5.74, 6) is 0.370. The van der Waals surface area contributed by atoms with Crippen molar-refractivity contribution >= 4 is 17.5 Å². The highest BCUT2D eigenvalue weighted by Crippen LogP contribution is 2.31. The minimum atomic E-state index is 0.0930. The number of rotatable bonds is 3. The molecular formula is C11H17N3OS. The van der Waals surface area contributed by atoms with Gasteiger partial charge in [-0.1, -0.05) is 18.2 Å². The van der Waals surface area contributed by atoms with Crippen LogP contribution >= 0.6 is 11.8 Å². The number of nitrogens with zero attached hydrogens (tertiary/aromatic N) is 3. The van der Waals surface area contributed by atoms with E-state index in [-0.39, 0.29) is 5.25 Å². The summed E-state index contributed by atoms with van der Waals surface area (Å²) in [5, 5.41) is 8.97. The molecule has 0 amide bonds. The second-order valence-electron chi connectivity index (χ2n) is 4.43. The van der Waals surface area contributed by atoms with Crippen molar-refractivity contribution in [3.63, 3.8) is 0 Å². The lowest BCUT2D eigenvalue weighted by Crippen LogP contribution is -2.22. The van der Waals surface area contributed by atoms with E-state index in [0.29, 0.717) is 11.8 Å². The Morgan fingerprint density at radius 1 is 1.50 bits per heavy atom. The van der Waals surface area contributed by atoms with Gasteiger partial charge < -0.3 is 4.57 Å². The number of aromatic nitrogens is 3. The minimum Gasteiger partial charge on any atom is -0.306 e. The highest BCUT2D eigenvalue weighted by Gasteiger charge is 2.25. The van der Waals surface area contributed by atoms with E-state index in [9.17, 15) is 4.79 Å². The van der Waals surface area contributed by atoms with Gasteiger partial charge in [-0.25, -0.2) is 0 Å². The van der Waals surface area contributed by atoms with Crippen molar-refractivity contribution in [1.29, 1.82) is 0 Å². The maximum absolute atomic E-state index is 11.7. The molecule has 1 aromatic heterocycles. The first-order valence-electron chi connectivity index (χ1n) is 5.77. The number of thioether (sulfide) groups is 1. The molecule has 1 unspecified atom stereocenters. The highest BCUT2D eigenvalue weighted by atomic mass is 32.2. The topological polar surface area (TPSA) is 47.8 Å². The second-order valence-corrected chi connectivity index (χ2v) is 5.60. The SMILES string of the molecule is CC(C)n1cnnc1SC1CCCCC1=O. The van der Waals surface area contributed by atoms with Crippen LogP contribution in [0.3, 0.4) is 0 Å². The van der Waals surface area contributed by atoms with Gasteiger partial charge >= 0.3 is 0 Å². The maximum atomic E-state index is 11.7. The van der Waals surface area contributed by atoms with Crippen molar-refractivity contribution in [3.05, 3.63) is 6.33 Å². The van der Waals surface area contributed by atoms with E-state index < -0.39 is 0 Å². The quantitative estimate of drug-likeness (QED) is 0.813. The standard InChI is InChI=1S/C11H17N3OS/c1-8(2)14-7-12-13-11(14)16-10-6-4-3-5-9(10)15/h7-8,10H,3-6H2,1-2H3. The van der Waals surface area contributed by atoms with Crippen LogP contribution in [0.1, 0.15) is 45.6 Å². The van der Waals surface area contributed by atoms with E-state index in [0.717, 1.165) is 30.8 Å². The Bertz CT molecular complexity index is 375. The predicted molar refractivity (Wildman–Crippen MR) is 63.5 cm³/mol. The average molecular weight is 239 g/mol. The Kier molecular flexibility index (Phi) is 3.63. The molecule has 1 aromatic rings. The minimum absolute atomic E-state index is 0.0930. The molecule has 5 heteroatoms. The van der Waals surface area contributed by atoms with Gasteiger partial charge in [-0.2, -0.15) is 0 Å². The second kappa shape index (κ2) is 4.99. The van der Waals surface area contributed by atoms with Crippen LogP contribution in [-0.4, -0.2) is 25.8 Å². The molecule has 4 nitrogen and oxygen atoms in total. The van der Waals surface area contributed by atoms with E-state index in [2.05, 4.69) is 24.0 Å². The number of carbonyl (C=O) groups is 1. The molecule has 2 rings (SSSR count). The van der Waals surface area contributed by atoms with Gasteiger partial charge in [-0.3, -0.25) is 4.79 Å². The normalized spacial score (nSPS) is 21.7. The summed E-state index contributed by atoms with van der Waals surface area (Å²) in [6.07, 6.45) is 5.65. The third-order valence-corrected chi connectivity index (χ3v) is 4.13. The van der Waals surface area contributed by atoms with Gasteiger partial charge in [-0.15, -0.1) is 10.2 Å². The number of hydrogen-bond donors (Lipinski definition) is 0. The first-order valence-corrected chi connectivity index (χ1v) is 6.65. The number of carbonyl (C=O) groups excluding carboxylic acids is 1. The summed E-state index contributed by atoms with van der Waals surface area (Å²) in [6, 6.07) is 0.344. The molecule has 88 valence electrons. The fourth-order valence-electron chi connectivity index (χ4n) is 1.87. The van der Waals surface area contributed by atoms with Crippen molar-refractivity contribution in [3.8, 4) is 0 Å². The molecule has 0 aromatic carbocycles. The summed E-state index contributed by atoms with van der Waals surface area (Å²) >= 11 is 1.57. The molecule has 1 fully saturated rings. The van der Waals surface area contributed by atoms with Crippen molar-refractivity contribution in [2.45, 2.75) is 56.0 Å². The lowest BCUT2D eigenvalue weighted by Gasteiger charge is -2.20. The average Bonchev–Trinajstić information content (AvgIpc) is 2.69. The molecule has 1 atom stereocenters. The Balaban J connectivity index is 2.07. The first kappa shape index (κ1) is 11.6. The van der Waals surface area contributed by atoms with Gasteiger partial charge in [-0.05, 0) is 26.7 Å². The summed E-state index contributed by atoms with van der Waals surface area (Å²) in [7, 11) is 0. The largest absolute Gasteiger partial charge is 0.306 e. The molecule has 0 aliphatic heterocycles. The zero-order valence-electron chi connectivity index (χ0n) is 9.72. The number of hydrogen-bond acceptors (Lipinski definition) is 4. The van der Waals surface area contributed by atoms with Gasteiger partial charge in [0, 0.05) is 12.5 Å². The Labute approximate surface area is 99.8 Å². The van der Waals surface area contributed by atoms with Gasteiger partial charge in [0.25, 0.3) is 0 Å². The van der Waals surface area contributed by atoms with Crippen LogP contribution < -0.4 is 0 Å². The van der Waals surface area contributed by atoms with E-state index in [1.54, 1.807) is 18.1 Å². The molecule has 1 aliphatic carbocycles. The van der Waals surface area contributed by atoms with Crippen LogP contribution in [0.15, 0.2) is 11.5 Å². The van der Waals surface area contributed by atoms with Crippen LogP contribution in [0.2, 0.25) is 0 Å². The Hall–Kier alpha value is -0.840.